The summed E-state index contributed by atoms with van der Waals surface area (Å²) >= 11 is -1.04. The molecule has 0 bridgehead atoms. The fraction of sp³-hybridized carbons (Fsp3) is 0.944. The van der Waals surface area contributed by atoms with E-state index in [-0.39, 0.29) is 10.8 Å². The van der Waals surface area contributed by atoms with Gasteiger partial charge in [0.05, 0.1) is 6.04 Å². The predicted molar refractivity (Wildman–Crippen MR) is 98.1 cm³/mol. The minimum atomic E-state index is -1.04. The van der Waals surface area contributed by atoms with E-state index in [0.717, 1.165) is 25.9 Å². The number of ether oxygens (including phenoxy) is 1. The van der Waals surface area contributed by atoms with Crippen molar-refractivity contribution >= 4 is 17.5 Å². The third kappa shape index (κ3) is 5.81. The molecule has 6 heteroatoms. The average Bonchev–Trinajstić information content (AvgIpc) is 3.26. The van der Waals surface area contributed by atoms with E-state index in [1.807, 2.05) is 46.4 Å². The van der Waals surface area contributed by atoms with Crippen molar-refractivity contribution in [3.8, 4) is 0 Å². The Hall–Kier alpha value is -0.460. The number of piperidine rings is 1. The van der Waals surface area contributed by atoms with Gasteiger partial charge in [0, 0.05) is 24.5 Å². The summed E-state index contributed by atoms with van der Waals surface area (Å²) in [4.78, 5) is 14.0. The molecule has 1 heterocycles. The first-order chi connectivity index (χ1) is 11.0. The standard InChI is InChI=1S/C18H34N2O3S/c1-17(2,3)23-16(21)20-11-9-14(10-12-20)15(13-7-8-13)19-24(22)18(4,5)6/h13-15,19H,7-12H2,1-6H3/t15-,24+/m1/s1. The molecule has 1 aliphatic heterocycles. The highest BCUT2D eigenvalue weighted by atomic mass is 32.2. The first-order valence-electron chi connectivity index (χ1n) is 9.13. The van der Waals surface area contributed by atoms with Gasteiger partial charge in [0.1, 0.15) is 10.3 Å². The molecule has 24 heavy (non-hydrogen) atoms. The van der Waals surface area contributed by atoms with Gasteiger partial charge in [0.25, 0.3) is 0 Å². The molecule has 2 aliphatic rings. The number of nitrogens with zero attached hydrogens (tertiary/aromatic N) is 1. The summed E-state index contributed by atoms with van der Waals surface area (Å²) in [5.74, 6) is 1.14. The number of likely N-dealkylation sites (tertiary alicyclic amines) is 1. The van der Waals surface area contributed by atoms with E-state index in [9.17, 15) is 9.35 Å². The van der Waals surface area contributed by atoms with Crippen LogP contribution in [0.5, 0.6) is 0 Å². The summed E-state index contributed by atoms with van der Waals surface area (Å²) in [6.45, 7) is 13.2. The molecular weight excluding hydrogens is 324 g/mol. The maximum Gasteiger partial charge on any atom is 0.410 e. The van der Waals surface area contributed by atoms with Crippen molar-refractivity contribution < 1.29 is 14.1 Å². The van der Waals surface area contributed by atoms with Crippen LogP contribution in [0.3, 0.4) is 0 Å². The van der Waals surface area contributed by atoms with Crippen molar-refractivity contribution in [3.05, 3.63) is 0 Å². The highest BCUT2D eigenvalue weighted by Crippen LogP contribution is 2.39. The van der Waals surface area contributed by atoms with Crippen LogP contribution in [-0.4, -0.2) is 45.0 Å². The van der Waals surface area contributed by atoms with Crippen LogP contribution in [0.25, 0.3) is 0 Å². The van der Waals surface area contributed by atoms with Crippen LogP contribution in [0, 0.1) is 11.8 Å². The van der Waals surface area contributed by atoms with Gasteiger partial charge in [0.15, 0.2) is 0 Å². The molecule has 1 aliphatic carbocycles. The first-order valence-corrected chi connectivity index (χ1v) is 10.3. The monoisotopic (exact) mass is 358 g/mol. The molecule has 5 nitrogen and oxygen atoms in total. The maximum atomic E-state index is 12.5. The smallest absolute Gasteiger partial charge is 0.410 e. The van der Waals surface area contributed by atoms with E-state index in [1.165, 1.54) is 12.8 Å². The van der Waals surface area contributed by atoms with Crippen molar-refractivity contribution in [3.63, 3.8) is 0 Å². The largest absolute Gasteiger partial charge is 0.598 e. The second-order valence-corrected chi connectivity index (χ2v) is 11.2. The number of amides is 1. The molecule has 2 atom stereocenters. The van der Waals surface area contributed by atoms with Crippen LogP contribution in [-0.2, 0) is 16.1 Å². The van der Waals surface area contributed by atoms with E-state index in [0.29, 0.717) is 17.9 Å². The fourth-order valence-corrected chi connectivity index (χ4v) is 4.09. The Morgan fingerprint density at radius 3 is 2.00 bits per heavy atom. The Kier molecular flexibility index (Phi) is 6.14. The highest BCUT2D eigenvalue weighted by molar-refractivity contribution is 7.90. The van der Waals surface area contributed by atoms with Gasteiger partial charge in [-0.1, -0.05) is 0 Å². The molecule has 140 valence electrons. The Morgan fingerprint density at radius 2 is 1.58 bits per heavy atom. The van der Waals surface area contributed by atoms with E-state index in [2.05, 4.69) is 4.72 Å². The molecule has 0 unspecified atom stereocenters. The van der Waals surface area contributed by atoms with Crippen molar-refractivity contribution in [2.45, 2.75) is 83.6 Å². The molecule has 0 aromatic heterocycles. The second kappa shape index (κ2) is 7.42. The lowest BCUT2D eigenvalue weighted by molar-refractivity contribution is 0.0169. The minimum Gasteiger partial charge on any atom is -0.598 e. The molecule has 1 saturated heterocycles. The number of hydrogen-bond donors (Lipinski definition) is 1. The molecule has 2 rings (SSSR count). The minimum absolute atomic E-state index is 0.213. The zero-order valence-corrected chi connectivity index (χ0v) is 16.9. The molecular formula is C18H34N2O3S. The van der Waals surface area contributed by atoms with Gasteiger partial charge in [-0.05, 0) is 79.1 Å². The number of nitrogens with one attached hydrogen (secondary N) is 1. The van der Waals surface area contributed by atoms with E-state index in [1.54, 1.807) is 0 Å². The van der Waals surface area contributed by atoms with Crippen molar-refractivity contribution in [2.24, 2.45) is 11.8 Å². The average molecular weight is 359 g/mol. The Morgan fingerprint density at radius 1 is 1.08 bits per heavy atom. The lowest BCUT2D eigenvalue weighted by Gasteiger charge is -2.38. The number of carbonyl (C=O) groups is 1. The quantitative estimate of drug-likeness (QED) is 0.782. The van der Waals surface area contributed by atoms with E-state index < -0.39 is 17.0 Å². The number of rotatable bonds is 4. The molecule has 0 spiro atoms. The van der Waals surface area contributed by atoms with Crippen LogP contribution in [0.4, 0.5) is 4.79 Å². The summed E-state index contributed by atoms with van der Waals surface area (Å²) in [6.07, 6.45) is 4.15. The second-order valence-electron chi connectivity index (χ2n) is 9.17. The Balaban J connectivity index is 1.88. The molecule has 1 amide bonds. The van der Waals surface area contributed by atoms with Crippen molar-refractivity contribution in [1.29, 1.82) is 0 Å². The zero-order chi connectivity index (χ0) is 18.1. The summed E-state index contributed by atoms with van der Waals surface area (Å²) in [7, 11) is 0. The molecule has 0 aromatic rings. The van der Waals surface area contributed by atoms with Crippen molar-refractivity contribution in [2.75, 3.05) is 13.1 Å². The van der Waals surface area contributed by atoms with Crippen LogP contribution in [0.15, 0.2) is 0 Å². The highest BCUT2D eigenvalue weighted by Gasteiger charge is 2.42. The third-order valence-electron chi connectivity index (χ3n) is 4.63. The number of hydrogen-bond acceptors (Lipinski definition) is 4. The van der Waals surface area contributed by atoms with Gasteiger partial charge in [-0.2, -0.15) is 0 Å². The maximum absolute atomic E-state index is 12.5. The Labute approximate surface area is 150 Å². The summed E-state index contributed by atoms with van der Waals surface area (Å²) < 4.78 is 21.1. The van der Waals surface area contributed by atoms with Gasteiger partial charge in [-0.3, -0.25) is 0 Å². The fourth-order valence-electron chi connectivity index (χ4n) is 3.10. The summed E-state index contributed by atoms with van der Waals surface area (Å²) in [6, 6.07) is 0.311. The first kappa shape index (κ1) is 19.9. The SMILES string of the molecule is CC(C)(C)OC(=O)N1CCC([C@H](N[S@@+]([O-])C(C)(C)C)C2CC2)CC1. The topological polar surface area (TPSA) is 64.6 Å². The van der Waals surface area contributed by atoms with E-state index in [4.69, 9.17) is 4.74 Å². The van der Waals surface area contributed by atoms with Crippen LogP contribution in [0.2, 0.25) is 0 Å². The van der Waals surface area contributed by atoms with Gasteiger partial charge in [-0.25, -0.2) is 4.79 Å². The predicted octanol–water partition coefficient (Wildman–Crippen LogP) is 3.46. The molecule has 0 aromatic carbocycles. The molecule has 2 fully saturated rings. The molecule has 1 N–H and O–H groups in total. The summed E-state index contributed by atoms with van der Waals surface area (Å²) in [5.41, 5.74) is -0.449. The van der Waals surface area contributed by atoms with Gasteiger partial charge in [0.2, 0.25) is 0 Å². The summed E-state index contributed by atoms with van der Waals surface area (Å²) in [5, 5.41) is 0. The Bertz CT molecular complexity index is 433. The van der Waals surface area contributed by atoms with Gasteiger partial charge < -0.3 is 14.2 Å². The lowest BCUT2D eigenvalue weighted by atomic mass is 9.87. The molecule has 1 saturated carbocycles. The van der Waals surface area contributed by atoms with Crippen molar-refractivity contribution in [1.82, 2.24) is 9.62 Å². The molecule has 0 radical (unpaired) electrons. The normalized spacial score (nSPS) is 23.0. The van der Waals surface area contributed by atoms with Crippen LogP contribution >= 0.6 is 0 Å². The third-order valence-corrected chi connectivity index (χ3v) is 6.23. The van der Waals surface area contributed by atoms with Crippen LogP contribution < -0.4 is 4.72 Å². The zero-order valence-electron chi connectivity index (χ0n) is 16.1. The van der Waals surface area contributed by atoms with E-state index >= 15 is 0 Å². The van der Waals surface area contributed by atoms with Crippen LogP contribution in [0.1, 0.15) is 67.2 Å². The number of carbonyl (C=O) groups excluding carboxylic acids is 1. The van der Waals surface area contributed by atoms with Gasteiger partial charge in [-0.15, -0.1) is 4.72 Å². The lowest BCUT2D eigenvalue weighted by Crippen LogP contribution is -2.51. The van der Waals surface area contributed by atoms with Gasteiger partial charge >= 0.3 is 6.09 Å².